The van der Waals surface area contributed by atoms with Crippen LogP contribution in [0.5, 0.6) is 0 Å². The van der Waals surface area contributed by atoms with Crippen molar-refractivity contribution in [1.29, 1.82) is 0 Å². The van der Waals surface area contributed by atoms with Gasteiger partial charge in [-0.05, 0) is 38.3 Å². The lowest BCUT2D eigenvalue weighted by molar-refractivity contribution is 0.731. The Hall–Kier alpha value is -1.81. The van der Waals surface area contributed by atoms with Crippen LogP contribution in [0.2, 0.25) is 0 Å². The summed E-state index contributed by atoms with van der Waals surface area (Å²) in [7, 11) is 1.98. The molecule has 4 heteroatoms. The number of aryl methyl sites for hydroxylation is 2. The molecule has 3 rings (SSSR count). The number of nitrogens with zero attached hydrogens (tertiary/aromatic N) is 2. The highest BCUT2D eigenvalue weighted by atomic mass is 32.1. The van der Waals surface area contributed by atoms with Gasteiger partial charge in [0.2, 0.25) is 0 Å². The highest BCUT2D eigenvalue weighted by molar-refractivity contribution is 7.19. The van der Waals surface area contributed by atoms with Crippen LogP contribution in [0.3, 0.4) is 0 Å². The third-order valence-electron chi connectivity index (χ3n) is 3.74. The van der Waals surface area contributed by atoms with Gasteiger partial charge in [-0.2, -0.15) is 5.10 Å². The number of hydrogen-bond acceptors (Lipinski definition) is 3. The molecule has 0 fully saturated rings. The largest absolute Gasteiger partial charge is 0.375 e. The number of anilines is 1. The van der Waals surface area contributed by atoms with Crippen molar-refractivity contribution in [2.45, 2.75) is 26.8 Å². The summed E-state index contributed by atoms with van der Waals surface area (Å²) in [6, 6.07) is 11.1. The number of benzene rings is 1. The fourth-order valence-corrected chi connectivity index (χ4v) is 3.55. The van der Waals surface area contributed by atoms with Crippen molar-refractivity contribution in [2.75, 3.05) is 5.32 Å². The van der Waals surface area contributed by atoms with Gasteiger partial charge in [0.15, 0.2) is 0 Å². The molecule has 1 unspecified atom stereocenters. The van der Waals surface area contributed by atoms with Crippen molar-refractivity contribution < 1.29 is 0 Å². The van der Waals surface area contributed by atoms with E-state index in [1.165, 1.54) is 20.7 Å². The highest BCUT2D eigenvalue weighted by Gasteiger charge is 2.14. The zero-order valence-electron chi connectivity index (χ0n) is 12.3. The van der Waals surface area contributed by atoms with E-state index in [0.717, 1.165) is 11.4 Å². The van der Waals surface area contributed by atoms with Gasteiger partial charge in [0.05, 0.1) is 23.1 Å². The topological polar surface area (TPSA) is 29.9 Å². The Labute approximate surface area is 123 Å². The number of thiophene rings is 1. The summed E-state index contributed by atoms with van der Waals surface area (Å²) < 4.78 is 3.27. The maximum atomic E-state index is 4.46. The molecule has 0 amide bonds. The van der Waals surface area contributed by atoms with Crippen molar-refractivity contribution in [3.05, 3.63) is 46.6 Å². The molecular weight excluding hydrogens is 266 g/mol. The van der Waals surface area contributed by atoms with Crippen molar-refractivity contribution in [2.24, 2.45) is 7.05 Å². The molecule has 2 heterocycles. The molecule has 0 aliphatic carbocycles. The minimum Gasteiger partial charge on any atom is -0.375 e. The van der Waals surface area contributed by atoms with Gasteiger partial charge in [-0.3, -0.25) is 4.68 Å². The van der Waals surface area contributed by atoms with E-state index in [9.17, 15) is 0 Å². The number of hydrogen-bond donors (Lipinski definition) is 1. The monoisotopic (exact) mass is 285 g/mol. The number of rotatable bonds is 3. The Kier molecular flexibility index (Phi) is 3.26. The minimum absolute atomic E-state index is 0.286. The van der Waals surface area contributed by atoms with Crippen molar-refractivity contribution >= 4 is 27.1 Å². The number of fused-ring (bicyclic) bond motifs is 1. The smallest absolute Gasteiger partial charge is 0.0828 e. The van der Waals surface area contributed by atoms with Gasteiger partial charge in [-0.25, -0.2) is 0 Å². The molecule has 0 aliphatic rings. The number of nitrogens with one attached hydrogen (secondary N) is 1. The summed E-state index contributed by atoms with van der Waals surface area (Å²) in [5, 5.41) is 9.38. The van der Waals surface area contributed by atoms with Crippen LogP contribution in [0.1, 0.15) is 29.2 Å². The van der Waals surface area contributed by atoms with Crippen LogP contribution in [0, 0.1) is 13.8 Å². The molecular formula is C16H19N3S. The van der Waals surface area contributed by atoms with Gasteiger partial charge in [-0.15, -0.1) is 11.3 Å². The highest BCUT2D eigenvalue weighted by Crippen LogP contribution is 2.32. The molecule has 0 saturated heterocycles. The average Bonchev–Trinajstić information content (AvgIpc) is 2.95. The van der Waals surface area contributed by atoms with Crippen LogP contribution in [-0.4, -0.2) is 9.78 Å². The van der Waals surface area contributed by atoms with Crippen LogP contribution in [0.15, 0.2) is 30.3 Å². The average molecular weight is 285 g/mol. The lowest BCUT2D eigenvalue weighted by Crippen LogP contribution is -2.06. The third-order valence-corrected chi connectivity index (χ3v) is 5.04. The van der Waals surface area contributed by atoms with E-state index < -0.39 is 0 Å². The van der Waals surface area contributed by atoms with E-state index in [2.05, 4.69) is 54.6 Å². The first-order chi connectivity index (χ1) is 9.56. The van der Waals surface area contributed by atoms with Gasteiger partial charge < -0.3 is 5.32 Å². The summed E-state index contributed by atoms with van der Waals surface area (Å²) in [5.74, 6) is 0. The second-order valence-electron chi connectivity index (χ2n) is 5.22. The second-order valence-corrected chi connectivity index (χ2v) is 6.34. The third kappa shape index (κ3) is 2.20. The van der Waals surface area contributed by atoms with Crippen molar-refractivity contribution in [1.82, 2.24) is 9.78 Å². The summed E-state index contributed by atoms with van der Waals surface area (Å²) in [6.45, 7) is 6.35. The molecule has 1 aromatic carbocycles. The van der Waals surface area contributed by atoms with E-state index in [4.69, 9.17) is 0 Å². The molecule has 20 heavy (non-hydrogen) atoms. The fourth-order valence-electron chi connectivity index (χ4n) is 2.49. The molecule has 104 valence electrons. The second kappa shape index (κ2) is 4.94. The fraction of sp³-hybridized carbons (Fsp3) is 0.312. The molecule has 1 N–H and O–H groups in total. The van der Waals surface area contributed by atoms with Gasteiger partial charge in [0.1, 0.15) is 0 Å². The van der Waals surface area contributed by atoms with Crippen molar-refractivity contribution in [3.8, 4) is 0 Å². The van der Waals surface area contributed by atoms with E-state index in [0.29, 0.717) is 0 Å². The van der Waals surface area contributed by atoms with Crippen LogP contribution >= 0.6 is 11.3 Å². The van der Waals surface area contributed by atoms with Crippen LogP contribution in [0.4, 0.5) is 5.69 Å². The first-order valence-electron chi connectivity index (χ1n) is 6.81. The van der Waals surface area contributed by atoms with Gasteiger partial charge >= 0.3 is 0 Å². The maximum absolute atomic E-state index is 4.46. The summed E-state index contributed by atoms with van der Waals surface area (Å²) in [6.07, 6.45) is 0. The van der Waals surface area contributed by atoms with Gasteiger partial charge in [0, 0.05) is 16.6 Å². The predicted octanol–water partition coefficient (Wildman–Crippen LogP) is 4.42. The SMILES string of the molecule is Cc1nn(C)c(C)c1NC(C)c1cc2ccccc2s1. The van der Waals surface area contributed by atoms with Crippen LogP contribution < -0.4 is 5.32 Å². The predicted molar refractivity (Wildman–Crippen MR) is 86.5 cm³/mol. The van der Waals surface area contributed by atoms with E-state index >= 15 is 0 Å². The lowest BCUT2D eigenvalue weighted by Gasteiger charge is -2.13. The van der Waals surface area contributed by atoms with E-state index in [1.807, 2.05) is 30.0 Å². The van der Waals surface area contributed by atoms with E-state index in [-0.39, 0.29) is 6.04 Å². The normalized spacial score (nSPS) is 12.8. The molecule has 0 radical (unpaired) electrons. The Morgan fingerprint density at radius 3 is 2.65 bits per heavy atom. The standard InChI is InChI=1S/C16H19N3S/c1-10(17-16-11(2)18-19(4)12(16)3)15-9-13-7-5-6-8-14(13)20-15/h5-10,17H,1-4H3. The zero-order chi connectivity index (χ0) is 14.3. The van der Waals surface area contributed by atoms with Crippen LogP contribution in [-0.2, 0) is 7.05 Å². The Bertz CT molecular complexity index is 721. The molecule has 3 aromatic rings. The molecule has 1 atom stereocenters. The van der Waals surface area contributed by atoms with Crippen LogP contribution in [0.25, 0.3) is 10.1 Å². The molecule has 2 aromatic heterocycles. The van der Waals surface area contributed by atoms with Crippen molar-refractivity contribution in [3.63, 3.8) is 0 Å². The molecule has 0 aliphatic heterocycles. The first-order valence-corrected chi connectivity index (χ1v) is 7.63. The summed E-state index contributed by atoms with van der Waals surface area (Å²) >= 11 is 1.85. The van der Waals surface area contributed by atoms with E-state index in [1.54, 1.807) is 0 Å². The molecule has 0 bridgehead atoms. The summed E-state index contributed by atoms with van der Waals surface area (Å²) in [4.78, 5) is 1.36. The maximum Gasteiger partial charge on any atom is 0.0828 e. The molecule has 3 nitrogen and oxygen atoms in total. The Balaban J connectivity index is 1.90. The Morgan fingerprint density at radius 1 is 1.25 bits per heavy atom. The number of aromatic nitrogens is 2. The molecule has 0 saturated carbocycles. The lowest BCUT2D eigenvalue weighted by atomic mass is 10.2. The summed E-state index contributed by atoms with van der Waals surface area (Å²) in [5.41, 5.74) is 3.38. The zero-order valence-corrected chi connectivity index (χ0v) is 13.1. The Morgan fingerprint density at radius 2 is 2.00 bits per heavy atom. The van der Waals surface area contributed by atoms with Gasteiger partial charge in [0.25, 0.3) is 0 Å². The van der Waals surface area contributed by atoms with Gasteiger partial charge in [-0.1, -0.05) is 18.2 Å². The first kappa shape index (κ1) is 13.2. The molecule has 0 spiro atoms. The quantitative estimate of drug-likeness (QED) is 0.771. The minimum atomic E-state index is 0.286.